The van der Waals surface area contributed by atoms with Crippen LogP contribution in [0.3, 0.4) is 0 Å². The van der Waals surface area contributed by atoms with Gasteiger partial charge in [0.1, 0.15) is 5.75 Å². The number of carbonyl (C=O) groups excluding carboxylic acids is 1. The maximum absolute atomic E-state index is 12.1. The smallest absolute Gasteiger partial charge is 0.323 e. The Hall–Kier alpha value is -2.60. The average Bonchev–Trinajstić information content (AvgIpc) is 2.56. The summed E-state index contributed by atoms with van der Waals surface area (Å²) >= 11 is 0. The number of fused-ring (bicyclic) bond motifs is 1. The second-order valence-corrected chi connectivity index (χ2v) is 5.85. The summed E-state index contributed by atoms with van der Waals surface area (Å²) in [5.74, 6) is 0.784. The van der Waals surface area contributed by atoms with E-state index in [2.05, 4.69) is 27.6 Å². The number of pyridine rings is 1. The fourth-order valence-electron chi connectivity index (χ4n) is 2.73. The van der Waals surface area contributed by atoms with Gasteiger partial charge in [-0.1, -0.05) is 0 Å². The molecule has 0 unspecified atom stereocenters. The standard InChI is InChI=1S/C18H22N4O2/c1-3-24-16-6-4-14(5-7-16)20-18(23)21-15-10-13-12-22(2)9-8-17(13)19-11-15/h4-7,10-11H,3,8-9,12H2,1-2H3,(H2,20,21,23). The third-order valence-electron chi connectivity index (χ3n) is 3.91. The molecule has 1 aromatic heterocycles. The molecule has 126 valence electrons. The van der Waals surface area contributed by atoms with Crippen LogP contribution in [0.4, 0.5) is 16.2 Å². The molecule has 24 heavy (non-hydrogen) atoms. The molecule has 6 nitrogen and oxygen atoms in total. The van der Waals surface area contributed by atoms with Crippen molar-refractivity contribution in [3.8, 4) is 5.75 Å². The van der Waals surface area contributed by atoms with Crippen molar-refractivity contribution in [2.24, 2.45) is 0 Å². The van der Waals surface area contributed by atoms with E-state index in [9.17, 15) is 4.79 Å². The summed E-state index contributed by atoms with van der Waals surface area (Å²) in [6.07, 6.45) is 2.66. The van der Waals surface area contributed by atoms with Gasteiger partial charge in [0.25, 0.3) is 0 Å². The Balaban J connectivity index is 1.61. The number of aromatic nitrogens is 1. The number of hydrogen-bond donors (Lipinski definition) is 2. The number of likely N-dealkylation sites (N-methyl/N-ethyl adjacent to an activating group) is 1. The molecule has 2 heterocycles. The molecular weight excluding hydrogens is 304 g/mol. The number of urea groups is 1. The van der Waals surface area contributed by atoms with Gasteiger partial charge >= 0.3 is 6.03 Å². The van der Waals surface area contributed by atoms with Crippen LogP contribution in [0.25, 0.3) is 0 Å². The van der Waals surface area contributed by atoms with Crippen molar-refractivity contribution >= 4 is 17.4 Å². The Labute approximate surface area is 141 Å². The highest BCUT2D eigenvalue weighted by atomic mass is 16.5. The van der Waals surface area contributed by atoms with Crippen molar-refractivity contribution in [3.63, 3.8) is 0 Å². The summed E-state index contributed by atoms with van der Waals surface area (Å²) in [5, 5.41) is 5.64. The number of carbonyl (C=O) groups is 1. The Morgan fingerprint density at radius 3 is 2.75 bits per heavy atom. The van der Waals surface area contributed by atoms with Gasteiger partial charge in [-0.3, -0.25) is 4.98 Å². The molecule has 0 fully saturated rings. The third-order valence-corrected chi connectivity index (χ3v) is 3.91. The quantitative estimate of drug-likeness (QED) is 0.906. The molecule has 0 radical (unpaired) electrons. The van der Waals surface area contributed by atoms with E-state index in [1.165, 1.54) is 5.56 Å². The molecule has 0 atom stereocenters. The molecule has 0 saturated carbocycles. The van der Waals surface area contributed by atoms with Crippen LogP contribution in [0.2, 0.25) is 0 Å². The minimum atomic E-state index is -0.287. The Morgan fingerprint density at radius 2 is 2.00 bits per heavy atom. The molecule has 2 amide bonds. The van der Waals surface area contributed by atoms with Crippen LogP contribution in [-0.2, 0) is 13.0 Å². The summed E-state index contributed by atoms with van der Waals surface area (Å²) < 4.78 is 5.38. The number of hydrogen-bond acceptors (Lipinski definition) is 4. The van der Waals surface area contributed by atoms with Crippen molar-refractivity contribution in [1.29, 1.82) is 0 Å². The predicted octanol–water partition coefficient (Wildman–Crippen LogP) is 3.11. The first-order chi connectivity index (χ1) is 11.6. The number of nitrogens with zero attached hydrogens (tertiary/aromatic N) is 2. The average molecular weight is 326 g/mol. The molecule has 0 spiro atoms. The van der Waals surface area contributed by atoms with Gasteiger partial charge in [-0.15, -0.1) is 0 Å². The van der Waals surface area contributed by atoms with Crippen molar-refractivity contribution in [2.75, 3.05) is 30.8 Å². The van der Waals surface area contributed by atoms with E-state index in [0.717, 1.165) is 31.0 Å². The lowest BCUT2D eigenvalue weighted by molar-refractivity contribution is 0.262. The highest BCUT2D eigenvalue weighted by Crippen LogP contribution is 2.20. The van der Waals surface area contributed by atoms with E-state index in [1.54, 1.807) is 6.20 Å². The number of ether oxygens (including phenoxy) is 1. The van der Waals surface area contributed by atoms with E-state index in [0.29, 0.717) is 18.0 Å². The van der Waals surface area contributed by atoms with Crippen LogP contribution in [0.15, 0.2) is 36.5 Å². The molecule has 0 aliphatic carbocycles. The first-order valence-corrected chi connectivity index (χ1v) is 8.11. The SMILES string of the molecule is CCOc1ccc(NC(=O)Nc2cnc3c(c2)CN(C)CC3)cc1. The second-order valence-electron chi connectivity index (χ2n) is 5.85. The van der Waals surface area contributed by atoms with Crippen LogP contribution in [0.1, 0.15) is 18.2 Å². The fourth-order valence-corrected chi connectivity index (χ4v) is 2.73. The van der Waals surface area contributed by atoms with E-state index in [4.69, 9.17) is 4.74 Å². The largest absolute Gasteiger partial charge is 0.494 e. The van der Waals surface area contributed by atoms with Gasteiger partial charge in [0.05, 0.1) is 18.5 Å². The zero-order chi connectivity index (χ0) is 16.9. The monoisotopic (exact) mass is 326 g/mol. The molecule has 1 aromatic carbocycles. The molecule has 1 aliphatic heterocycles. The van der Waals surface area contributed by atoms with Gasteiger partial charge in [0, 0.05) is 30.9 Å². The van der Waals surface area contributed by atoms with Gasteiger partial charge in [0.2, 0.25) is 0 Å². The van der Waals surface area contributed by atoms with E-state index in [1.807, 2.05) is 37.3 Å². The zero-order valence-corrected chi connectivity index (χ0v) is 14.0. The lowest BCUT2D eigenvalue weighted by Crippen LogP contribution is -2.27. The highest BCUT2D eigenvalue weighted by molar-refractivity contribution is 5.99. The molecule has 2 N–H and O–H groups in total. The van der Waals surface area contributed by atoms with Crippen molar-refractivity contribution in [3.05, 3.63) is 47.8 Å². The second kappa shape index (κ2) is 7.31. The van der Waals surface area contributed by atoms with Crippen LogP contribution in [0.5, 0.6) is 5.75 Å². The maximum Gasteiger partial charge on any atom is 0.323 e. The Morgan fingerprint density at radius 1 is 1.25 bits per heavy atom. The van der Waals surface area contributed by atoms with Crippen molar-refractivity contribution in [2.45, 2.75) is 19.9 Å². The Kier molecular flexibility index (Phi) is 4.96. The number of benzene rings is 1. The number of rotatable bonds is 4. The normalized spacial score (nSPS) is 13.9. The van der Waals surface area contributed by atoms with Crippen molar-refractivity contribution in [1.82, 2.24) is 9.88 Å². The van der Waals surface area contributed by atoms with Gasteiger partial charge in [-0.2, -0.15) is 0 Å². The summed E-state index contributed by atoms with van der Waals surface area (Å²) in [7, 11) is 2.08. The summed E-state index contributed by atoms with van der Waals surface area (Å²) in [6.45, 7) is 4.43. The van der Waals surface area contributed by atoms with Crippen LogP contribution in [0, 0.1) is 0 Å². The minimum Gasteiger partial charge on any atom is -0.494 e. The molecule has 0 saturated heterocycles. The minimum absolute atomic E-state index is 0.287. The molecular formula is C18H22N4O2. The number of amides is 2. The molecule has 0 bridgehead atoms. The van der Waals surface area contributed by atoms with Crippen LogP contribution < -0.4 is 15.4 Å². The van der Waals surface area contributed by atoms with Gasteiger partial charge in [-0.05, 0) is 49.9 Å². The molecule has 2 aromatic rings. The van der Waals surface area contributed by atoms with E-state index < -0.39 is 0 Å². The Bertz CT molecular complexity index is 715. The van der Waals surface area contributed by atoms with E-state index in [-0.39, 0.29) is 6.03 Å². The van der Waals surface area contributed by atoms with Crippen LogP contribution >= 0.6 is 0 Å². The summed E-state index contributed by atoms with van der Waals surface area (Å²) in [6, 6.07) is 8.99. The first-order valence-electron chi connectivity index (χ1n) is 8.11. The highest BCUT2D eigenvalue weighted by Gasteiger charge is 2.15. The van der Waals surface area contributed by atoms with Crippen molar-refractivity contribution < 1.29 is 9.53 Å². The summed E-state index contributed by atoms with van der Waals surface area (Å²) in [4.78, 5) is 18.8. The lowest BCUT2D eigenvalue weighted by atomic mass is 10.1. The van der Waals surface area contributed by atoms with Gasteiger partial charge < -0.3 is 20.3 Å². The maximum atomic E-state index is 12.1. The lowest BCUT2D eigenvalue weighted by Gasteiger charge is -2.24. The molecule has 6 heteroatoms. The first kappa shape index (κ1) is 16.3. The number of anilines is 2. The third kappa shape index (κ3) is 4.02. The zero-order valence-electron chi connectivity index (χ0n) is 14.0. The van der Waals surface area contributed by atoms with E-state index >= 15 is 0 Å². The summed E-state index contributed by atoms with van der Waals surface area (Å²) in [5.41, 5.74) is 3.70. The van der Waals surface area contributed by atoms with Crippen LogP contribution in [-0.4, -0.2) is 36.1 Å². The van der Waals surface area contributed by atoms with Gasteiger partial charge in [0.15, 0.2) is 0 Å². The predicted molar refractivity (Wildman–Crippen MR) is 94.5 cm³/mol. The fraction of sp³-hybridized carbons (Fsp3) is 0.333. The topological polar surface area (TPSA) is 66.5 Å². The van der Waals surface area contributed by atoms with Gasteiger partial charge in [-0.25, -0.2) is 4.79 Å². The number of nitrogens with one attached hydrogen (secondary N) is 2. The molecule has 1 aliphatic rings. The molecule has 3 rings (SSSR count).